The van der Waals surface area contributed by atoms with Gasteiger partial charge in [-0.3, -0.25) is 4.79 Å². The first-order valence-corrected chi connectivity index (χ1v) is 5.87. The highest BCUT2D eigenvalue weighted by atomic mass is 19.3. The monoisotopic (exact) mass is 309 g/mol. The molecule has 0 radical (unpaired) electrons. The van der Waals surface area contributed by atoms with Crippen LogP contribution >= 0.6 is 0 Å². The Morgan fingerprint density at radius 1 is 1.29 bits per heavy atom. The van der Waals surface area contributed by atoms with Crippen LogP contribution in [-0.4, -0.2) is 44.4 Å². The van der Waals surface area contributed by atoms with Crippen molar-refractivity contribution in [2.24, 2.45) is 0 Å². The summed E-state index contributed by atoms with van der Waals surface area (Å²) in [6.45, 7) is -0.318. The number of carbonyl (C=O) groups excluding carboxylic acids is 1. The van der Waals surface area contributed by atoms with Crippen LogP contribution in [0.25, 0.3) is 0 Å². The third-order valence-corrected chi connectivity index (χ3v) is 2.80. The second-order valence-electron chi connectivity index (χ2n) is 4.24. The van der Waals surface area contributed by atoms with Crippen molar-refractivity contribution in [3.8, 4) is 11.5 Å². The molecule has 0 saturated heterocycles. The fourth-order valence-electron chi connectivity index (χ4n) is 1.75. The van der Waals surface area contributed by atoms with Crippen LogP contribution in [0, 0.1) is 0 Å². The number of carbonyl (C=O) groups is 1. The van der Waals surface area contributed by atoms with Gasteiger partial charge in [0.25, 0.3) is 5.91 Å². The number of ether oxygens (including phenoxy) is 2. The summed E-state index contributed by atoms with van der Waals surface area (Å²) in [7, 11) is 3.75. The van der Waals surface area contributed by atoms with Gasteiger partial charge in [-0.25, -0.2) is 8.78 Å². The lowest BCUT2D eigenvalue weighted by Crippen LogP contribution is -2.45. The Balaban J connectivity index is 2.99. The summed E-state index contributed by atoms with van der Waals surface area (Å²) in [5, 5.41) is 0. The molecule has 4 nitrogen and oxygen atoms in total. The number of benzene rings is 1. The molecule has 0 bridgehead atoms. The molecule has 0 saturated carbocycles. The Kier molecular flexibility index (Phi) is 5.40. The quantitative estimate of drug-likeness (QED) is 0.758. The predicted octanol–water partition coefficient (Wildman–Crippen LogP) is 2.56. The van der Waals surface area contributed by atoms with E-state index in [0.717, 1.165) is 7.05 Å². The van der Waals surface area contributed by atoms with E-state index in [2.05, 4.69) is 0 Å². The summed E-state index contributed by atoms with van der Waals surface area (Å²) in [5.74, 6) is -6.08. The predicted molar refractivity (Wildman–Crippen MR) is 67.0 cm³/mol. The van der Waals surface area contributed by atoms with Gasteiger partial charge in [-0.2, -0.15) is 8.78 Å². The standard InChI is InChI=1S/C13H15F4NO3/c1-18(12(19)13(16,17)11(14)15)7-8-5-4-6-9(20-2)10(8)21-3/h4-6,11H,7H2,1-3H3. The fraction of sp³-hybridized carbons (Fsp3) is 0.462. The van der Waals surface area contributed by atoms with Gasteiger partial charge in [-0.05, 0) is 6.07 Å². The summed E-state index contributed by atoms with van der Waals surface area (Å²) in [6.07, 6.45) is -4.06. The first kappa shape index (κ1) is 17.1. The van der Waals surface area contributed by atoms with Crippen LogP contribution in [0.1, 0.15) is 5.56 Å². The summed E-state index contributed by atoms with van der Waals surface area (Å²) < 4.78 is 60.5. The fourth-order valence-corrected chi connectivity index (χ4v) is 1.75. The Labute approximate surface area is 119 Å². The zero-order valence-electron chi connectivity index (χ0n) is 11.7. The van der Waals surface area contributed by atoms with E-state index in [4.69, 9.17) is 9.47 Å². The molecule has 8 heteroatoms. The molecule has 1 amide bonds. The summed E-state index contributed by atoms with van der Waals surface area (Å²) in [5.41, 5.74) is 0.359. The number of rotatable bonds is 6. The average Bonchev–Trinajstić information content (AvgIpc) is 2.45. The average molecular weight is 309 g/mol. The zero-order valence-corrected chi connectivity index (χ0v) is 11.7. The molecule has 1 aromatic rings. The van der Waals surface area contributed by atoms with Gasteiger partial charge in [-0.1, -0.05) is 12.1 Å². The van der Waals surface area contributed by atoms with Gasteiger partial charge in [-0.15, -0.1) is 0 Å². The number of para-hydroxylation sites is 1. The van der Waals surface area contributed by atoms with Crippen molar-refractivity contribution < 1.29 is 31.8 Å². The maximum atomic E-state index is 13.0. The lowest BCUT2D eigenvalue weighted by Gasteiger charge is -2.24. The van der Waals surface area contributed by atoms with Gasteiger partial charge >= 0.3 is 12.3 Å². The van der Waals surface area contributed by atoms with Crippen molar-refractivity contribution in [3.05, 3.63) is 23.8 Å². The highest BCUT2D eigenvalue weighted by Gasteiger charge is 2.50. The number of methoxy groups -OCH3 is 2. The highest BCUT2D eigenvalue weighted by molar-refractivity contribution is 5.83. The van der Waals surface area contributed by atoms with Crippen molar-refractivity contribution in [1.29, 1.82) is 0 Å². The topological polar surface area (TPSA) is 38.8 Å². The van der Waals surface area contributed by atoms with Crippen LogP contribution in [0.3, 0.4) is 0 Å². The van der Waals surface area contributed by atoms with E-state index in [-0.39, 0.29) is 12.3 Å². The largest absolute Gasteiger partial charge is 0.493 e. The number of halogens is 4. The van der Waals surface area contributed by atoms with E-state index in [1.807, 2.05) is 0 Å². The first-order valence-electron chi connectivity index (χ1n) is 5.87. The number of nitrogens with zero attached hydrogens (tertiary/aromatic N) is 1. The van der Waals surface area contributed by atoms with E-state index in [9.17, 15) is 22.4 Å². The van der Waals surface area contributed by atoms with E-state index in [1.54, 1.807) is 12.1 Å². The van der Waals surface area contributed by atoms with Crippen molar-refractivity contribution in [3.63, 3.8) is 0 Å². The molecular formula is C13H15F4NO3. The van der Waals surface area contributed by atoms with Crippen LogP contribution in [-0.2, 0) is 11.3 Å². The van der Waals surface area contributed by atoms with Gasteiger partial charge in [0.1, 0.15) is 0 Å². The molecule has 0 aromatic heterocycles. The maximum absolute atomic E-state index is 13.0. The Morgan fingerprint density at radius 3 is 2.38 bits per heavy atom. The van der Waals surface area contributed by atoms with Gasteiger partial charge in [0.15, 0.2) is 11.5 Å². The molecule has 21 heavy (non-hydrogen) atoms. The van der Waals surface area contributed by atoms with Gasteiger partial charge in [0, 0.05) is 19.2 Å². The van der Waals surface area contributed by atoms with E-state index in [1.165, 1.54) is 20.3 Å². The van der Waals surface area contributed by atoms with Gasteiger partial charge < -0.3 is 14.4 Å². The molecule has 0 atom stereocenters. The van der Waals surface area contributed by atoms with Crippen molar-refractivity contribution >= 4 is 5.91 Å². The molecule has 0 aliphatic rings. The molecule has 0 N–H and O–H groups in total. The maximum Gasteiger partial charge on any atom is 0.383 e. The van der Waals surface area contributed by atoms with Crippen molar-refractivity contribution in [2.45, 2.75) is 18.9 Å². The molecule has 0 aliphatic carbocycles. The van der Waals surface area contributed by atoms with E-state index >= 15 is 0 Å². The van der Waals surface area contributed by atoms with Crippen molar-refractivity contribution in [1.82, 2.24) is 4.90 Å². The Morgan fingerprint density at radius 2 is 1.90 bits per heavy atom. The minimum Gasteiger partial charge on any atom is -0.493 e. The SMILES string of the molecule is COc1cccc(CN(C)C(=O)C(F)(F)C(F)F)c1OC. The highest BCUT2D eigenvalue weighted by Crippen LogP contribution is 2.32. The molecule has 0 unspecified atom stereocenters. The normalized spacial score (nSPS) is 11.4. The van der Waals surface area contributed by atoms with E-state index in [0.29, 0.717) is 16.2 Å². The first-order chi connectivity index (χ1) is 9.75. The third-order valence-electron chi connectivity index (χ3n) is 2.80. The Bertz CT molecular complexity index is 508. The second-order valence-corrected chi connectivity index (χ2v) is 4.24. The summed E-state index contributed by atoms with van der Waals surface area (Å²) in [6, 6.07) is 4.67. The molecule has 118 valence electrons. The molecular weight excluding hydrogens is 294 g/mol. The lowest BCUT2D eigenvalue weighted by atomic mass is 10.1. The second kappa shape index (κ2) is 6.64. The summed E-state index contributed by atoms with van der Waals surface area (Å²) in [4.78, 5) is 11.9. The van der Waals surface area contributed by atoms with Crippen LogP contribution in [0.2, 0.25) is 0 Å². The molecule has 1 aromatic carbocycles. The number of amides is 1. The van der Waals surface area contributed by atoms with Crippen LogP contribution in [0.5, 0.6) is 11.5 Å². The number of hydrogen-bond acceptors (Lipinski definition) is 3. The zero-order chi connectivity index (χ0) is 16.2. The van der Waals surface area contributed by atoms with Gasteiger partial charge in [0.2, 0.25) is 0 Å². The number of alkyl halides is 4. The molecule has 1 rings (SSSR count). The van der Waals surface area contributed by atoms with Crippen LogP contribution in [0.15, 0.2) is 18.2 Å². The van der Waals surface area contributed by atoms with Crippen LogP contribution < -0.4 is 9.47 Å². The minimum absolute atomic E-state index is 0.250. The van der Waals surface area contributed by atoms with Gasteiger partial charge in [0.05, 0.1) is 14.2 Å². The lowest BCUT2D eigenvalue weighted by molar-refractivity contribution is -0.179. The Hall–Kier alpha value is -1.99. The minimum atomic E-state index is -4.72. The molecule has 0 heterocycles. The van der Waals surface area contributed by atoms with Crippen LogP contribution in [0.4, 0.5) is 17.6 Å². The van der Waals surface area contributed by atoms with Crippen molar-refractivity contribution in [2.75, 3.05) is 21.3 Å². The van der Waals surface area contributed by atoms with E-state index < -0.39 is 18.3 Å². The smallest absolute Gasteiger partial charge is 0.383 e. The molecule has 0 spiro atoms. The third kappa shape index (κ3) is 3.56. The molecule has 0 aliphatic heterocycles. The number of hydrogen-bond donors (Lipinski definition) is 0. The molecule has 0 fully saturated rings. The summed E-state index contributed by atoms with van der Waals surface area (Å²) >= 11 is 0.